The number of hydrogen-bond donors (Lipinski definition) is 1. The molecule has 6 nitrogen and oxygen atoms in total. The molecule has 1 aliphatic heterocycles. The first-order valence-corrected chi connectivity index (χ1v) is 6.41. The van der Waals surface area contributed by atoms with Crippen molar-refractivity contribution >= 4 is 11.6 Å². The highest BCUT2D eigenvalue weighted by molar-refractivity contribution is 5.89. The van der Waals surface area contributed by atoms with E-state index in [0.29, 0.717) is 5.75 Å². The van der Waals surface area contributed by atoms with Gasteiger partial charge < -0.3 is 10.1 Å². The van der Waals surface area contributed by atoms with Crippen LogP contribution in [0.15, 0.2) is 54.6 Å². The fourth-order valence-electron chi connectivity index (χ4n) is 2.19. The predicted molar refractivity (Wildman–Crippen MR) is 74.8 cm³/mol. The van der Waals surface area contributed by atoms with Gasteiger partial charge in [-0.05, 0) is 29.8 Å². The molecule has 1 heterocycles. The first kappa shape index (κ1) is 13.1. The Labute approximate surface area is 120 Å². The van der Waals surface area contributed by atoms with Gasteiger partial charge in [0.2, 0.25) is 6.10 Å². The lowest BCUT2D eigenvalue weighted by Crippen LogP contribution is -2.58. The molecule has 1 aliphatic rings. The first-order valence-electron chi connectivity index (χ1n) is 6.41. The zero-order valence-electron chi connectivity index (χ0n) is 10.9. The van der Waals surface area contributed by atoms with Crippen LogP contribution in [0.2, 0.25) is 0 Å². The Morgan fingerprint density at radius 1 is 1.05 bits per heavy atom. The molecule has 106 valence electrons. The van der Waals surface area contributed by atoms with Crippen molar-refractivity contribution in [2.24, 2.45) is 0 Å². The Hall–Kier alpha value is -2.89. The molecule has 0 radical (unpaired) electrons. The average molecular weight is 284 g/mol. The number of β-lactam (4-membered cyclic amide) rings is 1. The number of non-ortho nitro benzene ring substituents is 1. The normalized spacial score (nSPS) is 20.3. The number of carbonyl (C=O) groups excluding carboxylic acids is 1. The molecular formula is C15H12N2O4. The van der Waals surface area contributed by atoms with Gasteiger partial charge in [0.05, 0.1) is 4.92 Å². The monoisotopic (exact) mass is 284 g/mol. The predicted octanol–water partition coefficient (Wildman–Crippen LogP) is 2.21. The number of amides is 1. The summed E-state index contributed by atoms with van der Waals surface area (Å²) in [5.41, 5.74) is 0.797. The minimum Gasteiger partial charge on any atom is -0.478 e. The molecule has 2 atom stereocenters. The maximum Gasteiger partial charge on any atom is 0.269 e. The summed E-state index contributed by atoms with van der Waals surface area (Å²) in [6.45, 7) is 0. The van der Waals surface area contributed by atoms with Crippen LogP contribution in [0.25, 0.3) is 0 Å². The van der Waals surface area contributed by atoms with Crippen molar-refractivity contribution in [2.75, 3.05) is 0 Å². The summed E-state index contributed by atoms with van der Waals surface area (Å²) < 4.78 is 5.66. The summed E-state index contributed by atoms with van der Waals surface area (Å²) >= 11 is 0. The van der Waals surface area contributed by atoms with Crippen LogP contribution in [0.5, 0.6) is 5.75 Å². The van der Waals surface area contributed by atoms with Crippen LogP contribution in [0.4, 0.5) is 5.69 Å². The quantitative estimate of drug-likeness (QED) is 0.530. The Kier molecular flexibility index (Phi) is 3.27. The molecule has 1 saturated heterocycles. The molecule has 0 saturated carbocycles. The lowest BCUT2D eigenvalue weighted by atomic mass is 9.93. The van der Waals surface area contributed by atoms with E-state index in [0.717, 1.165) is 5.56 Å². The van der Waals surface area contributed by atoms with Gasteiger partial charge in [0.25, 0.3) is 11.6 Å². The Morgan fingerprint density at radius 2 is 1.71 bits per heavy atom. The van der Waals surface area contributed by atoms with E-state index in [1.54, 1.807) is 24.3 Å². The van der Waals surface area contributed by atoms with Crippen molar-refractivity contribution in [3.63, 3.8) is 0 Å². The Morgan fingerprint density at radius 3 is 2.29 bits per heavy atom. The molecule has 0 aliphatic carbocycles. The van der Waals surface area contributed by atoms with E-state index in [4.69, 9.17) is 4.74 Å². The van der Waals surface area contributed by atoms with Gasteiger partial charge in [-0.1, -0.05) is 18.2 Å². The summed E-state index contributed by atoms with van der Waals surface area (Å²) in [6, 6.07) is 14.9. The topological polar surface area (TPSA) is 81.5 Å². The van der Waals surface area contributed by atoms with E-state index in [-0.39, 0.29) is 17.6 Å². The maximum atomic E-state index is 11.6. The number of hydrogen-bond acceptors (Lipinski definition) is 4. The third-order valence-electron chi connectivity index (χ3n) is 3.33. The van der Waals surface area contributed by atoms with E-state index in [1.807, 2.05) is 18.2 Å². The number of nitrogens with zero attached hydrogens (tertiary/aromatic N) is 1. The first-order chi connectivity index (χ1) is 10.1. The van der Waals surface area contributed by atoms with Gasteiger partial charge in [-0.25, -0.2) is 0 Å². The molecule has 3 rings (SSSR count). The van der Waals surface area contributed by atoms with Crippen molar-refractivity contribution in [1.82, 2.24) is 5.32 Å². The number of rotatable bonds is 4. The van der Waals surface area contributed by atoms with E-state index >= 15 is 0 Å². The second-order valence-electron chi connectivity index (χ2n) is 4.69. The SMILES string of the molecule is O=C1NC(c2ccc([N+](=O)[O-])cc2)C1Oc1ccccc1. The average Bonchev–Trinajstić information content (AvgIpc) is 2.51. The summed E-state index contributed by atoms with van der Waals surface area (Å²) in [5.74, 6) is 0.423. The third-order valence-corrected chi connectivity index (χ3v) is 3.33. The number of para-hydroxylation sites is 1. The molecule has 0 aromatic heterocycles. The largest absolute Gasteiger partial charge is 0.478 e. The smallest absolute Gasteiger partial charge is 0.269 e. The van der Waals surface area contributed by atoms with Crippen LogP contribution in [0.3, 0.4) is 0 Å². The third kappa shape index (κ3) is 2.55. The zero-order chi connectivity index (χ0) is 14.8. The minimum absolute atomic E-state index is 0.0185. The molecule has 1 amide bonds. The highest BCUT2D eigenvalue weighted by Gasteiger charge is 2.42. The number of ether oxygens (including phenoxy) is 1. The molecule has 0 bridgehead atoms. The second kappa shape index (κ2) is 5.24. The van der Waals surface area contributed by atoms with Crippen LogP contribution in [0, 0.1) is 10.1 Å². The van der Waals surface area contributed by atoms with Gasteiger partial charge in [-0.3, -0.25) is 14.9 Å². The van der Waals surface area contributed by atoms with Crippen LogP contribution < -0.4 is 10.1 Å². The van der Waals surface area contributed by atoms with Crippen LogP contribution >= 0.6 is 0 Å². The summed E-state index contributed by atoms with van der Waals surface area (Å²) in [7, 11) is 0. The van der Waals surface area contributed by atoms with Gasteiger partial charge in [0, 0.05) is 12.1 Å². The Bertz CT molecular complexity index is 670. The number of nitro groups is 1. The van der Waals surface area contributed by atoms with Crippen molar-refractivity contribution in [1.29, 1.82) is 0 Å². The molecule has 21 heavy (non-hydrogen) atoms. The lowest BCUT2D eigenvalue weighted by Gasteiger charge is -2.36. The van der Waals surface area contributed by atoms with Gasteiger partial charge in [0.15, 0.2) is 0 Å². The number of carbonyl (C=O) groups is 1. The Balaban J connectivity index is 1.76. The molecular weight excluding hydrogens is 272 g/mol. The van der Waals surface area contributed by atoms with Gasteiger partial charge >= 0.3 is 0 Å². The van der Waals surface area contributed by atoms with Gasteiger partial charge in [0.1, 0.15) is 11.8 Å². The molecule has 2 unspecified atom stereocenters. The number of nitrogens with one attached hydrogen (secondary N) is 1. The van der Waals surface area contributed by atoms with Gasteiger partial charge in [-0.2, -0.15) is 0 Å². The van der Waals surface area contributed by atoms with Crippen molar-refractivity contribution in [3.05, 3.63) is 70.3 Å². The lowest BCUT2D eigenvalue weighted by molar-refractivity contribution is -0.384. The summed E-state index contributed by atoms with van der Waals surface area (Å²) in [6.07, 6.45) is -0.617. The second-order valence-corrected chi connectivity index (χ2v) is 4.69. The standard InChI is InChI=1S/C15H12N2O4/c18-15-14(21-12-4-2-1-3-5-12)13(16-15)10-6-8-11(9-7-10)17(19)20/h1-9,13-14H,(H,16,18). The van der Waals surface area contributed by atoms with Crippen molar-refractivity contribution < 1.29 is 14.5 Å². The van der Waals surface area contributed by atoms with Crippen molar-refractivity contribution in [3.8, 4) is 5.75 Å². The highest BCUT2D eigenvalue weighted by atomic mass is 16.6. The minimum atomic E-state index is -0.617. The highest BCUT2D eigenvalue weighted by Crippen LogP contribution is 2.29. The fourth-order valence-corrected chi connectivity index (χ4v) is 2.19. The molecule has 1 fully saturated rings. The van der Waals surface area contributed by atoms with Crippen LogP contribution in [-0.2, 0) is 4.79 Å². The van der Waals surface area contributed by atoms with Crippen LogP contribution in [0.1, 0.15) is 11.6 Å². The van der Waals surface area contributed by atoms with E-state index in [9.17, 15) is 14.9 Å². The zero-order valence-corrected chi connectivity index (χ0v) is 10.9. The molecule has 1 N–H and O–H groups in total. The number of nitro benzene ring substituents is 1. The van der Waals surface area contributed by atoms with E-state index in [2.05, 4.69) is 5.32 Å². The molecule has 2 aromatic carbocycles. The fraction of sp³-hybridized carbons (Fsp3) is 0.133. The van der Waals surface area contributed by atoms with Gasteiger partial charge in [-0.15, -0.1) is 0 Å². The maximum absolute atomic E-state index is 11.6. The summed E-state index contributed by atoms with van der Waals surface area (Å²) in [4.78, 5) is 21.8. The molecule has 2 aromatic rings. The summed E-state index contributed by atoms with van der Waals surface area (Å²) in [5, 5.41) is 13.4. The van der Waals surface area contributed by atoms with E-state index in [1.165, 1.54) is 12.1 Å². The number of benzene rings is 2. The van der Waals surface area contributed by atoms with E-state index < -0.39 is 11.0 Å². The molecule has 6 heteroatoms. The molecule has 0 spiro atoms. The van der Waals surface area contributed by atoms with Crippen molar-refractivity contribution in [2.45, 2.75) is 12.1 Å². The van der Waals surface area contributed by atoms with Crippen LogP contribution in [-0.4, -0.2) is 16.9 Å².